The fourth-order valence-electron chi connectivity index (χ4n) is 4.18. The summed E-state index contributed by atoms with van der Waals surface area (Å²) in [6, 6.07) is 0.708. The van der Waals surface area contributed by atoms with Crippen LogP contribution >= 0.6 is 0 Å². The molecule has 2 aliphatic carbocycles. The normalized spacial score (nSPS) is 44.1. The van der Waals surface area contributed by atoms with Crippen molar-refractivity contribution in [3.8, 4) is 0 Å². The molecular formula is C14H25NO. The summed E-state index contributed by atoms with van der Waals surface area (Å²) in [5, 5.41) is 3.73. The predicted octanol–water partition coefficient (Wildman–Crippen LogP) is 2.58. The Hall–Kier alpha value is -0.0800. The van der Waals surface area contributed by atoms with E-state index in [1.807, 2.05) is 0 Å². The topological polar surface area (TPSA) is 21.3 Å². The average Bonchev–Trinajstić information content (AvgIpc) is 3.01. The van der Waals surface area contributed by atoms with E-state index in [0.29, 0.717) is 12.1 Å². The molecule has 5 atom stereocenters. The summed E-state index contributed by atoms with van der Waals surface area (Å²) in [5.74, 6) is 3.07. The molecule has 1 aliphatic heterocycles. The highest BCUT2D eigenvalue weighted by molar-refractivity contribution is 4.94. The van der Waals surface area contributed by atoms with Gasteiger partial charge in [0, 0.05) is 19.2 Å². The third kappa shape index (κ3) is 2.14. The molecule has 2 bridgehead atoms. The lowest BCUT2D eigenvalue weighted by Crippen LogP contribution is -2.40. The molecule has 2 heteroatoms. The highest BCUT2D eigenvalue weighted by Gasteiger charge is 2.41. The van der Waals surface area contributed by atoms with Crippen LogP contribution < -0.4 is 5.32 Å². The molecule has 1 saturated heterocycles. The van der Waals surface area contributed by atoms with Crippen molar-refractivity contribution < 1.29 is 4.74 Å². The minimum Gasteiger partial charge on any atom is -0.377 e. The molecule has 0 aromatic rings. The summed E-state index contributed by atoms with van der Waals surface area (Å²) in [7, 11) is 0. The smallest absolute Gasteiger partial charge is 0.0700 e. The zero-order chi connectivity index (χ0) is 11.0. The first-order valence-electron chi connectivity index (χ1n) is 7.18. The van der Waals surface area contributed by atoms with Crippen molar-refractivity contribution in [2.45, 2.75) is 57.6 Å². The van der Waals surface area contributed by atoms with Crippen molar-refractivity contribution in [3.63, 3.8) is 0 Å². The van der Waals surface area contributed by atoms with Gasteiger partial charge in [0.1, 0.15) is 0 Å². The Kier molecular flexibility index (Phi) is 3.21. The summed E-state index contributed by atoms with van der Waals surface area (Å²) in [5.41, 5.74) is 0. The number of ether oxygens (including phenoxy) is 1. The van der Waals surface area contributed by atoms with Crippen LogP contribution in [0, 0.1) is 17.8 Å². The highest BCUT2D eigenvalue weighted by Crippen LogP contribution is 2.49. The molecule has 92 valence electrons. The molecule has 16 heavy (non-hydrogen) atoms. The van der Waals surface area contributed by atoms with Crippen molar-refractivity contribution in [1.29, 1.82) is 0 Å². The van der Waals surface area contributed by atoms with E-state index in [1.165, 1.54) is 38.5 Å². The van der Waals surface area contributed by atoms with Gasteiger partial charge in [0.2, 0.25) is 0 Å². The number of rotatable bonds is 4. The van der Waals surface area contributed by atoms with E-state index >= 15 is 0 Å². The van der Waals surface area contributed by atoms with Crippen LogP contribution in [-0.2, 0) is 4.74 Å². The van der Waals surface area contributed by atoms with Gasteiger partial charge in [0.25, 0.3) is 0 Å². The van der Waals surface area contributed by atoms with Crippen LogP contribution in [0.25, 0.3) is 0 Å². The lowest BCUT2D eigenvalue weighted by molar-refractivity contribution is 0.103. The van der Waals surface area contributed by atoms with Crippen LogP contribution in [0.3, 0.4) is 0 Å². The Bertz CT molecular complexity index is 237. The molecule has 0 aromatic heterocycles. The molecule has 0 spiro atoms. The molecule has 1 heterocycles. The summed E-state index contributed by atoms with van der Waals surface area (Å²) in [6.45, 7) is 4.45. The van der Waals surface area contributed by atoms with Gasteiger partial charge in [0.05, 0.1) is 6.10 Å². The molecule has 0 aromatic carbocycles. The Morgan fingerprint density at radius 1 is 1.25 bits per heavy atom. The van der Waals surface area contributed by atoms with E-state index in [1.54, 1.807) is 0 Å². The molecule has 1 N–H and O–H groups in total. The molecule has 2 nitrogen and oxygen atoms in total. The quantitative estimate of drug-likeness (QED) is 0.791. The molecule has 3 aliphatic rings. The first-order valence-corrected chi connectivity index (χ1v) is 7.18. The summed E-state index contributed by atoms with van der Waals surface area (Å²) in [6.07, 6.45) is 9.05. The van der Waals surface area contributed by atoms with Gasteiger partial charge in [-0.15, -0.1) is 0 Å². The first-order chi connectivity index (χ1) is 7.83. The molecule has 2 saturated carbocycles. The zero-order valence-corrected chi connectivity index (χ0v) is 10.5. The van der Waals surface area contributed by atoms with E-state index in [9.17, 15) is 0 Å². The molecule has 3 fully saturated rings. The Morgan fingerprint density at radius 3 is 2.81 bits per heavy atom. The van der Waals surface area contributed by atoms with Gasteiger partial charge in [0.15, 0.2) is 0 Å². The van der Waals surface area contributed by atoms with Crippen molar-refractivity contribution in [2.24, 2.45) is 17.8 Å². The van der Waals surface area contributed by atoms with Crippen LogP contribution in [0.1, 0.15) is 45.4 Å². The van der Waals surface area contributed by atoms with Gasteiger partial charge in [-0.1, -0.05) is 6.42 Å². The van der Waals surface area contributed by atoms with E-state index < -0.39 is 0 Å². The zero-order valence-electron chi connectivity index (χ0n) is 10.5. The average molecular weight is 223 g/mol. The molecule has 5 unspecified atom stereocenters. The van der Waals surface area contributed by atoms with Crippen LogP contribution in [0.15, 0.2) is 0 Å². The van der Waals surface area contributed by atoms with Gasteiger partial charge >= 0.3 is 0 Å². The van der Waals surface area contributed by atoms with Crippen LogP contribution in [-0.4, -0.2) is 25.3 Å². The second-order valence-electron chi connectivity index (χ2n) is 6.17. The van der Waals surface area contributed by atoms with Gasteiger partial charge in [-0.25, -0.2) is 0 Å². The maximum Gasteiger partial charge on any atom is 0.0700 e. The minimum absolute atomic E-state index is 0.501. The molecule has 0 radical (unpaired) electrons. The lowest BCUT2D eigenvalue weighted by atomic mass is 9.84. The summed E-state index contributed by atoms with van der Waals surface area (Å²) in [4.78, 5) is 0. The second kappa shape index (κ2) is 4.66. The van der Waals surface area contributed by atoms with Gasteiger partial charge < -0.3 is 10.1 Å². The summed E-state index contributed by atoms with van der Waals surface area (Å²) >= 11 is 0. The maximum atomic E-state index is 5.67. The standard InChI is InChI=1S/C14H25NO/c1-10(15-9-13-3-2-6-16-13)14-8-11-4-5-12(14)7-11/h10-15H,2-9H2,1H3. The molecular weight excluding hydrogens is 198 g/mol. The largest absolute Gasteiger partial charge is 0.377 e. The third-order valence-electron chi connectivity index (χ3n) is 5.13. The summed E-state index contributed by atoms with van der Waals surface area (Å²) < 4.78 is 5.67. The first kappa shape index (κ1) is 11.0. The fraction of sp³-hybridized carbons (Fsp3) is 1.00. The van der Waals surface area contributed by atoms with Crippen LogP contribution in [0.5, 0.6) is 0 Å². The van der Waals surface area contributed by atoms with E-state index in [-0.39, 0.29) is 0 Å². The molecule has 0 amide bonds. The number of fused-ring (bicyclic) bond motifs is 2. The van der Waals surface area contributed by atoms with E-state index in [0.717, 1.165) is 30.9 Å². The molecule has 3 rings (SSSR count). The minimum atomic E-state index is 0.501. The van der Waals surface area contributed by atoms with Gasteiger partial charge in [-0.3, -0.25) is 0 Å². The van der Waals surface area contributed by atoms with Crippen molar-refractivity contribution in [3.05, 3.63) is 0 Å². The van der Waals surface area contributed by atoms with Gasteiger partial charge in [-0.05, 0) is 56.8 Å². The van der Waals surface area contributed by atoms with Crippen LogP contribution in [0.2, 0.25) is 0 Å². The lowest BCUT2D eigenvalue weighted by Gasteiger charge is -2.29. The second-order valence-corrected chi connectivity index (χ2v) is 6.17. The van der Waals surface area contributed by atoms with Crippen molar-refractivity contribution in [2.75, 3.05) is 13.2 Å². The number of hydrogen-bond acceptors (Lipinski definition) is 2. The Morgan fingerprint density at radius 2 is 2.19 bits per heavy atom. The van der Waals surface area contributed by atoms with Crippen molar-refractivity contribution >= 4 is 0 Å². The fourth-order valence-corrected chi connectivity index (χ4v) is 4.18. The monoisotopic (exact) mass is 223 g/mol. The number of hydrogen-bond donors (Lipinski definition) is 1. The maximum absolute atomic E-state index is 5.67. The third-order valence-corrected chi connectivity index (χ3v) is 5.13. The Labute approximate surface area is 99.1 Å². The number of nitrogens with one attached hydrogen (secondary N) is 1. The van der Waals surface area contributed by atoms with E-state index in [2.05, 4.69) is 12.2 Å². The van der Waals surface area contributed by atoms with Crippen LogP contribution in [0.4, 0.5) is 0 Å². The van der Waals surface area contributed by atoms with Crippen molar-refractivity contribution in [1.82, 2.24) is 5.32 Å². The Balaban J connectivity index is 1.44. The van der Waals surface area contributed by atoms with Gasteiger partial charge in [-0.2, -0.15) is 0 Å². The highest BCUT2D eigenvalue weighted by atomic mass is 16.5. The SMILES string of the molecule is CC(NCC1CCCO1)C1CC2CCC1C2. The van der Waals surface area contributed by atoms with E-state index in [4.69, 9.17) is 4.74 Å². The predicted molar refractivity (Wildman–Crippen MR) is 65.4 cm³/mol.